The first-order chi connectivity index (χ1) is 11.0. The van der Waals surface area contributed by atoms with Crippen LogP contribution in [0.2, 0.25) is 10.0 Å². The fourth-order valence-corrected chi connectivity index (χ4v) is 2.48. The Morgan fingerprint density at radius 2 is 1.78 bits per heavy atom. The molecule has 2 aromatic rings. The summed E-state index contributed by atoms with van der Waals surface area (Å²) in [6.45, 7) is 10.5. The van der Waals surface area contributed by atoms with Crippen LogP contribution in [0.3, 0.4) is 0 Å². The van der Waals surface area contributed by atoms with Crippen LogP contribution in [0.5, 0.6) is 0 Å². The number of alkyl halides is 1. The van der Waals surface area contributed by atoms with Gasteiger partial charge in [-0.1, -0.05) is 57.0 Å². The minimum Gasteiger partial charge on any atom is -0.357 e. The smallest absolute Gasteiger partial charge is 0.234 e. The van der Waals surface area contributed by atoms with E-state index in [1.807, 2.05) is 40.7 Å². The minimum absolute atomic E-state index is 0.0207. The van der Waals surface area contributed by atoms with Crippen molar-refractivity contribution in [2.45, 2.75) is 41.0 Å². The maximum Gasteiger partial charge on any atom is 0.234 e. The highest BCUT2D eigenvalue weighted by molar-refractivity contribution is 6.45. The van der Waals surface area contributed by atoms with Gasteiger partial charge in [0.15, 0.2) is 0 Å². The largest absolute Gasteiger partial charge is 0.357 e. The number of amides is 1. The Balaban J connectivity index is 0.00000112. The fraction of sp³-hybridized carbons (Fsp3) is 0.471. The number of fused-ring (bicyclic) bond motifs is 1. The lowest BCUT2D eigenvalue weighted by atomic mass is 10.1. The SMILES string of the molecule is CC.CC.Cc1c(CCNC(=O)CCl)[nH]c2c(Cl)c(Cl)ccc12. The highest BCUT2D eigenvalue weighted by Crippen LogP contribution is 2.33. The van der Waals surface area contributed by atoms with Crippen molar-refractivity contribution in [2.24, 2.45) is 0 Å². The summed E-state index contributed by atoms with van der Waals surface area (Å²) in [5.41, 5.74) is 2.99. The molecule has 0 radical (unpaired) electrons. The summed E-state index contributed by atoms with van der Waals surface area (Å²) in [4.78, 5) is 14.3. The Morgan fingerprint density at radius 1 is 1.17 bits per heavy atom. The van der Waals surface area contributed by atoms with Gasteiger partial charge in [-0.15, -0.1) is 11.6 Å². The molecule has 0 bridgehead atoms. The van der Waals surface area contributed by atoms with Gasteiger partial charge in [0.25, 0.3) is 0 Å². The first kappa shape index (κ1) is 22.1. The molecule has 1 heterocycles. The van der Waals surface area contributed by atoms with Gasteiger partial charge in [-0.05, 0) is 18.6 Å². The first-order valence-electron chi connectivity index (χ1n) is 7.82. The second kappa shape index (κ2) is 11.6. The van der Waals surface area contributed by atoms with E-state index in [2.05, 4.69) is 10.3 Å². The Labute approximate surface area is 153 Å². The van der Waals surface area contributed by atoms with Crippen LogP contribution < -0.4 is 5.32 Å². The average Bonchev–Trinajstić information content (AvgIpc) is 2.91. The van der Waals surface area contributed by atoms with Crippen molar-refractivity contribution in [3.8, 4) is 0 Å². The van der Waals surface area contributed by atoms with E-state index in [-0.39, 0.29) is 11.8 Å². The lowest BCUT2D eigenvalue weighted by Crippen LogP contribution is -2.26. The zero-order chi connectivity index (χ0) is 18.0. The van der Waals surface area contributed by atoms with Gasteiger partial charge in [-0.3, -0.25) is 4.79 Å². The number of rotatable bonds is 4. The highest BCUT2D eigenvalue weighted by Gasteiger charge is 2.12. The van der Waals surface area contributed by atoms with Crippen LogP contribution in [-0.2, 0) is 11.2 Å². The number of carbonyl (C=O) groups is 1. The summed E-state index contributed by atoms with van der Waals surface area (Å²) < 4.78 is 0. The number of aromatic amines is 1. The monoisotopic (exact) mass is 378 g/mol. The Bertz CT molecular complexity index is 624. The van der Waals surface area contributed by atoms with Crippen molar-refractivity contribution < 1.29 is 4.79 Å². The molecule has 0 unspecified atom stereocenters. The maximum absolute atomic E-state index is 11.1. The normalized spacial score (nSPS) is 9.57. The van der Waals surface area contributed by atoms with Crippen molar-refractivity contribution in [3.05, 3.63) is 33.4 Å². The van der Waals surface area contributed by atoms with Crippen LogP contribution in [0.25, 0.3) is 10.9 Å². The number of halogens is 3. The van der Waals surface area contributed by atoms with Gasteiger partial charge < -0.3 is 10.3 Å². The number of hydrogen-bond acceptors (Lipinski definition) is 1. The molecule has 0 saturated heterocycles. The first-order valence-corrected chi connectivity index (χ1v) is 9.11. The molecule has 2 N–H and O–H groups in total. The standard InChI is InChI=1S/C13H13Cl3N2O.2C2H6/c1-7-8-2-3-9(15)12(16)13(8)18-10(7)4-5-17-11(19)6-14;2*1-2/h2-3,18H,4-6H2,1H3,(H,17,19);2*1-2H3. The van der Waals surface area contributed by atoms with E-state index in [0.717, 1.165) is 22.2 Å². The van der Waals surface area contributed by atoms with E-state index in [1.165, 1.54) is 0 Å². The van der Waals surface area contributed by atoms with Gasteiger partial charge in [-0.25, -0.2) is 0 Å². The molecular formula is C17H25Cl3N2O. The van der Waals surface area contributed by atoms with Crippen LogP contribution in [0, 0.1) is 6.92 Å². The predicted octanol–water partition coefficient (Wildman–Crippen LogP) is 5.73. The van der Waals surface area contributed by atoms with Crippen LogP contribution >= 0.6 is 34.8 Å². The quantitative estimate of drug-likeness (QED) is 0.654. The van der Waals surface area contributed by atoms with Crippen LogP contribution in [0.15, 0.2) is 12.1 Å². The number of aryl methyl sites for hydroxylation is 1. The van der Waals surface area contributed by atoms with Crippen molar-refractivity contribution in [3.63, 3.8) is 0 Å². The molecule has 0 aliphatic carbocycles. The van der Waals surface area contributed by atoms with Gasteiger partial charge in [0, 0.05) is 24.0 Å². The lowest BCUT2D eigenvalue weighted by molar-refractivity contribution is -0.118. The van der Waals surface area contributed by atoms with Crippen LogP contribution in [-0.4, -0.2) is 23.3 Å². The summed E-state index contributed by atoms with van der Waals surface area (Å²) in [6, 6.07) is 3.72. The topological polar surface area (TPSA) is 44.9 Å². The average molecular weight is 380 g/mol. The maximum atomic E-state index is 11.1. The summed E-state index contributed by atoms with van der Waals surface area (Å²) >= 11 is 17.6. The van der Waals surface area contributed by atoms with E-state index >= 15 is 0 Å². The van der Waals surface area contributed by atoms with Gasteiger partial charge in [0.2, 0.25) is 5.91 Å². The van der Waals surface area contributed by atoms with Gasteiger partial charge in [0.1, 0.15) is 5.88 Å². The van der Waals surface area contributed by atoms with E-state index in [4.69, 9.17) is 34.8 Å². The van der Waals surface area contributed by atoms with Gasteiger partial charge >= 0.3 is 0 Å². The zero-order valence-electron chi connectivity index (χ0n) is 14.3. The fourth-order valence-electron chi connectivity index (χ4n) is 2.02. The Hall–Kier alpha value is -0.900. The summed E-state index contributed by atoms with van der Waals surface area (Å²) in [6.07, 6.45) is 0.692. The number of hydrogen-bond donors (Lipinski definition) is 2. The van der Waals surface area contributed by atoms with E-state index in [1.54, 1.807) is 6.07 Å². The molecule has 1 aromatic carbocycles. The molecule has 23 heavy (non-hydrogen) atoms. The molecule has 3 nitrogen and oxygen atoms in total. The molecule has 1 aromatic heterocycles. The minimum atomic E-state index is -0.170. The van der Waals surface area contributed by atoms with E-state index in [9.17, 15) is 4.79 Å². The molecular weight excluding hydrogens is 355 g/mol. The number of aromatic nitrogens is 1. The molecule has 1 amide bonds. The number of carbonyl (C=O) groups excluding carboxylic acids is 1. The number of H-pyrrole nitrogens is 1. The highest BCUT2D eigenvalue weighted by atomic mass is 35.5. The van der Waals surface area contributed by atoms with Gasteiger partial charge in [-0.2, -0.15) is 0 Å². The Morgan fingerprint density at radius 3 is 2.35 bits per heavy atom. The molecule has 0 atom stereocenters. The summed E-state index contributed by atoms with van der Waals surface area (Å²) in [5, 5.41) is 4.83. The third-order valence-corrected chi connectivity index (χ3v) is 4.09. The molecule has 0 fully saturated rings. The van der Waals surface area contributed by atoms with Gasteiger partial charge in [0.05, 0.1) is 15.6 Å². The van der Waals surface area contributed by atoms with Crippen molar-refractivity contribution >= 4 is 51.6 Å². The molecule has 130 valence electrons. The lowest BCUT2D eigenvalue weighted by Gasteiger charge is -2.02. The van der Waals surface area contributed by atoms with Crippen LogP contribution in [0.1, 0.15) is 39.0 Å². The second-order valence-electron chi connectivity index (χ2n) is 4.25. The third-order valence-electron chi connectivity index (χ3n) is 3.05. The molecule has 6 heteroatoms. The molecule has 0 aliphatic rings. The second-order valence-corrected chi connectivity index (χ2v) is 5.30. The molecule has 0 spiro atoms. The number of benzene rings is 1. The Kier molecular flexibility index (Phi) is 11.2. The van der Waals surface area contributed by atoms with Crippen molar-refractivity contribution in [1.82, 2.24) is 10.3 Å². The van der Waals surface area contributed by atoms with E-state index < -0.39 is 0 Å². The van der Waals surface area contributed by atoms with Crippen molar-refractivity contribution in [1.29, 1.82) is 0 Å². The zero-order valence-corrected chi connectivity index (χ0v) is 16.6. The predicted molar refractivity (Wildman–Crippen MR) is 103 cm³/mol. The van der Waals surface area contributed by atoms with Crippen molar-refractivity contribution in [2.75, 3.05) is 12.4 Å². The molecule has 0 aliphatic heterocycles. The number of nitrogens with one attached hydrogen (secondary N) is 2. The summed E-state index contributed by atoms with van der Waals surface area (Å²) in [5.74, 6) is -0.191. The molecule has 0 saturated carbocycles. The summed E-state index contributed by atoms with van der Waals surface area (Å²) in [7, 11) is 0. The molecule has 2 rings (SSSR count). The van der Waals surface area contributed by atoms with Crippen LogP contribution in [0.4, 0.5) is 0 Å². The van der Waals surface area contributed by atoms with E-state index in [0.29, 0.717) is 23.0 Å². The third kappa shape index (κ3) is 5.91.